The number of halogens is 1. The Bertz CT molecular complexity index is 162. The molecule has 15 heavy (non-hydrogen) atoms. The molecular weight excluding hydrogens is 216 g/mol. The molecule has 3 nitrogen and oxygen atoms in total. The van der Waals surface area contributed by atoms with Gasteiger partial charge in [-0.1, -0.05) is 6.92 Å². The molecule has 0 aromatic carbocycles. The Morgan fingerprint density at radius 2 is 2.07 bits per heavy atom. The van der Waals surface area contributed by atoms with Crippen LogP contribution in [0.3, 0.4) is 0 Å². The van der Waals surface area contributed by atoms with Gasteiger partial charge in [0.1, 0.15) is 0 Å². The van der Waals surface area contributed by atoms with E-state index in [1.807, 2.05) is 13.8 Å². The quantitative estimate of drug-likeness (QED) is 0.351. The zero-order valence-electron chi connectivity index (χ0n) is 9.63. The first kappa shape index (κ1) is 14.7. The molecule has 4 heteroatoms. The van der Waals surface area contributed by atoms with Gasteiger partial charge in [0.15, 0.2) is 0 Å². The lowest BCUT2D eigenvalue weighted by atomic mass is 10.1. The van der Waals surface area contributed by atoms with Gasteiger partial charge in [0.25, 0.3) is 0 Å². The van der Waals surface area contributed by atoms with Crippen molar-refractivity contribution >= 4 is 17.6 Å². The van der Waals surface area contributed by atoms with Crippen molar-refractivity contribution in [3.05, 3.63) is 0 Å². The molecule has 1 atom stereocenters. The lowest BCUT2D eigenvalue weighted by Gasteiger charge is -2.13. The Kier molecular flexibility index (Phi) is 10.1. The van der Waals surface area contributed by atoms with Gasteiger partial charge >= 0.3 is 5.97 Å². The average Bonchev–Trinajstić information content (AvgIpc) is 2.23. The molecule has 0 aliphatic heterocycles. The van der Waals surface area contributed by atoms with E-state index < -0.39 is 0 Å². The average molecular weight is 237 g/mol. The molecule has 0 aliphatic carbocycles. The molecule has 0 rings (SSSR count). The summed E-state index contributed by atoms with van der Waals surface area (Å²) in [5.41, 5.74) is 0. The highest BCUT2D eigenvalue weighted by atomic mass is 35.5. The van der Waals surface area contributed by atoms with E-state index in [1.165, 1.54) is 0 Å². The Hall–Kier alpha value is -0.280. The summed E-state index contributed by atoms with van der Waals surface area (Å²) in [6.07, 6.45) is 2.66. The second-order valence-electron chi connectivity index (χ2n) is 3.33. The van der Waals surface area contributed by atoms with Crippen molar-refractivity contribution in [2.75, 3.05) is 25.7 Å². The van der Waals surface area contributed by atoms with Gasteiger partial charge in [0.2, 0.25) is 0 Å². The Labute approximate surface area is 97.1 Å². The number of esters is 1. The second kappa shape index (κ2) is 10.2. The van der Waals surface area contributed by atoms with Crippen LogP contribution in [-0.2, 0) is 14.3 Å². The summed E-state index contributed by atoms with van der Waals surface area (Å²) in [6.45, 7) is 5.33. The zero-order chi connectivity index (χ0) is 11.5. The van der Waals surface area contributed by atoms with Gasteiger partial charge in [-0.25, -0.2) is 0 Å². The predicted molar refractivity (Wildman–Crippen MR) is 61.2 cm³/mol. The maximum atomic E-state index is 11.4. The Balaban J connectivity index is 3.56. The Morgan fingerprint density at radius 1 is 1.33 bits per heavy atom. The minimum absolute atomic E-state index is 0.124. The van der Waals surface area contributed by atoms with Gasteiger partial charge in [-0.05, 0) is 26.2 Å². The lowest BCUT2D eigenvalue weighted by molar-refractivity contribution is -0.150. The van der Waals surface area contributed by atoms with Crippen LogP contribution in [0.5, 0.6) is 0 Å². The van der Waals surface area contributed by atoms with Crippen molar-refractivity contribution in [3.8, 4) is 0 Å². The third kappa shape index (κ3) is 7.63. The molecule has 0 saturated heterocycles. The Morgan fingerprint density at radius 3 is 2.60 bits per heavy atom. The highest BCUT2D eigenvalue weighted by molar-refractivity contribution is 6.17. The van der Waals surface area contributed by atoms with Gasteiger partial charge in [-0.2, -0.15) is 0 Å². The van der Waals surface area contributed by atoms with E-state index in [4.69, 9.17) is 21.1 Å². The van der Waals surface area contributed by atoms with Crippen LogP contribution in [-0.4, -0.2) is 31.7 Å². The van der Waals surface area contributed by atoms with Crippen molar-refractivity contribution < 1.29 is 14.3 Å². The molecule has 0 N–H and O–H groups in total. The van der Waals surface area contributed by atoms with Crippen molar-refractivity contribution in [2.24, 2.45) is 5.92 Å². The van der Waals surface area contributed by atoms with Crippen LogP contribution in [0, 0.1) is 5.92 Å². The fourth-order valence-electron chi connectivity index (χ4n) is 1.14. The van der Waals surface area contributed by atoms with Crippen LogP contribution in [0.4, 0.5) is 0 Å². The van der Waals surface area contributed by atoms with Crippen LogP contribution in [0.15, 0.2) is 0 Å². The van der Waals surface area contributed by atoms with Crippen LogP contribution < -0.4 is 0 Å². The smallest absolute Gasteiger partial charge is 0.311 e. The number of carbonyl (C=O) groups excluding carboxylic acids is 1. The molecule has 0 radical (unpaired) electrons. The van der Waals surface area contributed by atoms with E-state index >= 15 is 0 Å². The number of alkyl halides is 1. The summed E-state index contributed by atoms with van der Waals surface area (Å²) >= 11 is 5.53. The van der Waals surface area contributed by atoms with Crippen LogP contribution in [0.25, 0.3) is 0 Å². The van der Waals surface area contributed by atoms with E-state index in [0.717, 1.165) is 19.3 Å². The van der Waals surface area contributed by atoms with Gasteiger partial charge < -0.3 is 9.47 Å². The van der Waals surface area contributed by atoms with E-state index in [2.05, 4.69) is 0 Å². The maximum Gasteiger partial charge on any atom is 0.311 e. The second-order valence-corrected chi connectivity index (χ2v) is 3.71. The number of rotatable bonds is 9. The number of carbonyl (C=O) groups is 1. The third-order valence-corrected chi connectivity index (χ3v) is 2.37. The van der Waals surface area contributed by atoms with E-state index in [9.17, 15) is 4.79 Å². The van der Waals surface area contributed by atoms with Crippen LogP contribution in [0.2, 0.25) is 0 Å². The standard InChI is InChI=1S/C11H21ClO3/c1-3-10(11(13)15-4-2)9-14-8-6-5-7-12/h10H,3-9H2,1-2H3. The summed E-state index contributed by atoms with van der Waals surface area (Å²) in [4.78, 5) is 11.4. The van der Waals surface area contributed by atoms with E-state index in [-0.39, 0.29) is 11.9 Å². The van der Waals surface area contributed by atoms with Crippen molar-refractivity contribution in [3.63, 3.8) is 0 Å². The fourth-order valence-corrected chi connectivity index (χ4v) is 1.33. The third-order valence-electron chi connectivity index (χ3n) is 2.10. The zero-order valence-corrected chi connectivity index (χ0v) is 10.4. The van der Waals surface area contributed by atoms with Gasteiger partial charge in [0.05, 0.1) is 19.1 Å². The molecule has 0 aromatic rings. The highest BCUT2D eigenvalue weighted by Crippen LogP contribution is 2.06. The molecule has 0 aromatic heterocycles. The van der Waals surface area contributed by atoms with E-state index in [0.29, 0.717) is 25.7 Å². The minimum atomic E-state index is -0.155. The largest absolute Gasteiger partial charge is 0.466 e. The first-order chi connectivity index (χ1) is 7.26. The minimum Gasteiger partial charge on any atom is -0.466 e. The number of unbranched alkanes of at least 4 members (excludes halogenated alkanes) is 1. The highest BCUT2D eigenvalue weighted by Gasteiger charge is 2.17. The van der Waals surface area contributed by atoms with Gasteiger partial charge in [-0.15, -0.1) is 11.6 Å². The molecule has 0 amide bonds. The molecule has 1 unspecified atom stereocenters. The predicted octanol–water partition coefficient (Wildman–Crippen LogP) is 2.61. The van der Waals surface area contributed by atoms with Gasteiger partial charge in [-0.3, -0.25) is 4.79 Å². The van der Waals surface area contributed by atoms with Crippen molar-refractivity contribution in [2.45, 2.75) is 33.1 Å². The summed E-state index contributed by atoms with van der Waals surface area (Å²) in [7, 11) is 0. The normalized spacial score (nSPS) is 12.5. The summed E-state index contributed by atoms with van der Waals surface area (Å²) < 4.78 is 10.3. The molecule has 0 saturated carbocycles. The van der Waals surface area contributed by atoms with Crippen molar-refractivity contribution in [1.82, 2.24) is 0 Å². The monoisotopic (exact) mass is 236 g/mol. The van der Waals surface area contributed by atoms with Crippen LogP contribution >= 0.6 is 11.6 Å². The van der Waals surface area contributed by atoms with E-state index in [1.54, 1.807) is 0 Å². The first-order valence-corrected chi connectivity index (χ1v) is 6.10. The number of hydrogen-bond donors (Lipinski definition) is 0. The van der Waals surface area contributed by atoms with Crippen LogP contribution in [0.1, 0.15) is 33.1 Å². The SMILES string of the molecule is CCOC(=O)C(CC)COCCCCCl. The van der Waals surface area contributed by atoms with Gasteiger partial charge in [0, 0.05) is 12.5 Å². The molecule has 0 heterocycles. The maximum absolute atomic E-state index is 11.4. The summed E-state index contributed by atoms with van der Waals surface area (Å²) in [5.74, 6) is 0.386. The number of ether oxygens (including phenoxy) is 2. The van der Waals surface area contributed by atoms with Crippen molar-refractivity contribution in [1.29, 1.82) is 0 Å². The molecule has 0 fully saturated rings. The molecular formula is C11H21ClO3. The number of hydrogen-bond acceptors (Lipinski definition) is 3. The molecule has 0 spiro atoms. The lowest BCUT2D eigenvalue weighted by Crippen LogP contribution is -2.22. The first-order valence-electron chi connectivity index (χ1n) is 5.56. The topological polar surface area (TPSA) is 35.5 Å². The summed E-state index contributed by atoms with van der Waals surface area (Å²) in [5, 5.41) is 0. The summed E-state index contributed by atoms with van der Waals surface area (Å²) in [6, 6.07) is 0. The molecule has 0 bridgehead atoms. The molecule has 0 aliphatic rings. The fraction of sp³-hybridized carbons (Fsp3) is 0.909. The molecule has 90 valence electrons.